The van der Waals surface area contributed by atoms with Crippen LogP contribution in [-0.4, -0.2) is 56.6 Å². The van der Waals surface area contributed by atoms with E-state index in [0.29, 0.717) is 6.42 Å². The van der Waals surface area contributed by atoms with Crippen LogP contribution >= 0.6 is 0 Å². The number of nitrogen functional groups attached to an aromatic ring is 1. The molecular formula is C17H24FN5O4. The minimum atomic E-state index is -1.25. The van der Waals surface area contributed by atoms with E-state index < -0.39 is 48.9 Å². The summed E-state index contributed by atoms with van der Waals surface area (Å²) >= 11 is 0. The first kappa shape index (κ1) is 19.5. The van der Waals surface area contributed by atoms with Crippen LogP contribution in [0.2, 0.25) is 0 Å². The molecule has 5 atom stereocenters. The van der Waals surface area contributed by atoms with Crippen molar-refractivity contribution in [3.8, 4) is 0 Å². The van der Waals surface area contributed by atoms with Crippen molar-refractivity contribution >= 4 is 22.6 Å². The number of nitrogens with two attached hydrogens (primary N) is 2. The van der Waals surface area contributed by atoms with Gasteiger partial charge in [-0.25, -0.2) is 9.37 Å². The number of hydrogen-bond acceptors (Lipinski definition) is 7. The van der Waals surface area contributed by atoms with Crippen LogP contribution in [0.15, 0.2) is 18.5 Å². The summed E-state index contributed by atoms with van der Waals surface area (Å²) in [6.07, 6.45) is -0.677. The minimum Gasteiger partial charge on any atom is -0.397 e. The van der Waals surface area contributed by atoms with Crippen LogP contribution in [0.1, 0.15) is 26.0 Å². The lowest BCUT2D eigenvalue weighted by Crippen LogP contribution is -2.53. The summed E-state index contributed by atoms with van der Waals surface area (Å²) < 4.78 is 21.3. The van der Waals surface area contributed by atoms with Gasteiger partial charge in [-0.15, -0.1) is 0 Å². The van der Waals surface area contributed by atoms with E-state index in [1.54, 1.807) is 0 Å². The van der Waals surface area contributed by atoms with E-state index in [4.69, 9.17) is 16.2 Å². The second-order valence-corrected chi connectivity index (χ2v) is 6.65. The largest absolute Gasteiger partial charge is 0.397 e. The van der Waals surface area contributed by atoms with E-state index in [-0.39, 0.29) is 16.7 Å². The lowest BCUT2D eigenvalue weighted by molar-refractivity contribution is -0.124. The monoisotopic (exact) mass is 381 g/mol. The third kappa shape index (κ3) is 3.48. The van der Waals surface area contributed by atoms with E-state index in [9.17, 15) is 19.4 Å². The highest BCUT2D eigenvalue weighted by atomic mass is 19.1. The standard InChI is InChI=1S/C17H24FN5O4/c1-2-3-10(20)16(26)22-13-11(6-24)27-17(15(13)25)23-7-21-12-9(19)5-4-8(18)14(12)23/h4-5,7,10-11,13,15,17,24-25H,2-3,6,19-20H2,1H3,(H,22,26)/t10?,11-,13?,15+,17-/m1/s1. The second-order valence-electron chi connectivity index (χ2n) is 6.65. The number of carbonyl (C=O) groups is 1. The summed E-state index contributed by atoms with van der Waals surface area (Å²) in [6, 6.07) is 0.961. The number of benzene rings is 1. The number of imidazole rings is 1. The quantitative estimate of drug-likeness (QED) is 0.428. The summed E-state index contributed by atoms with van der Waals surface area (Å²) in [4.78, 5) is 16.3. The molecule has 1 saturated heterocycles. The molecule has 1 amide bonds. The van der Waals surface area contributed by atoms with E-state index in [1.165, 1.54) is 23.0 Å². The average Bonchev–Trinajstić information content (AvgIpc) is 3.21. The molecule has 3 rings (SSSR count). The number of aromatic nitrogens is 2. The first-order valence-corrected chi connectivity index (χ1v) is 8.79. The van der Waals surface area contributed by atoms with Gasteiger partial charge in [-0.05, 0) is 18.6 Å². The molecule has 10 heteroatoms. The van der Waals surface area contributed by atoms with Gasteiger partial charge in [-0.1, -0.05) is 13.3 Å². The summed E-state index contributed by atoms with van der Waals surface area (Å²) in [6.45, 7) is 1.45. The van der Waals surface area contributed by atoms with E-state index in [2.05, 4.69) is 10.3 Å². The number of carbonyl (C=O) groups excluding carboxylic acids is 1. The smallest absolute Gasteiger partial charge is 0.237 e. The Morgan fingerprint density at radius 2 is 2.26 bits per heavy atom. The molecule has 1 aliphatic heterocycles. The maximum atomic E-state index is 14.3. The van der Waals surface area contributed by atoms with Crippen molar-refractivity contribution < 1.29 is 24.1 Å². The number of aliphatic hydroxyl groups excluding tert-OH is 2. The summed E-state index contributed by atoms with van der Waals surface area (Å²) in [5.74, 6) is -1.03. The number of rotatable bonds is 6. The van der Waals surface area contributed by atoms with Crippen molar-refractivity contribution in [2.45, 2.75) is 50.3 Å². The van der Waals surface area contributed by atoms with E-state index >= 15 is 0 Å². The molecule has 1 aromatic heterocycles. The van der Waals surface area contributed by atoms with Crippen LogP contribution in [0.4, 0.5) is 10.1 Å². The maximum absolute atomic E-state index is 14.3. The Bertz CT molecular complexity index is 829. The first-order valence-electron chi connectivity index (χ1n) is 8.79. The predicted molar refractivity (Wildman–Crippen MR) is 95.9 cm³/mol. The summed E-state index contributed by atoms with van der Waals surface area (Å²) in [5.41, 5.74) is 12.2. The number of anilines is 1. The third-order valence-corrected chi connectivity index (χ3v) is 4.78. The molecule has 148 valence electrons. The molecule has 1 fully saturated rings. The van der Waals surface area contributed by atoms with Gasteiger partial charge in [0.25, 0.3) is 0 Å². The Hall–Kier alpha value is -2.27. The van der Waals surface area contributed by atoms with E-state index in [1.807, 2.05) is 6.92 Å². The zero-order valence-corrected chi connectivity index (χ0v) is 14.9. The molecule has 0 radical (unpaired) electrons. The number of ether oxygens (including phenoxy) is 1. The molecule has 1 aliphatic rings. The van der Waals surface area contributed by atoms with Crippen molar-refractivity contribution in [1.29, 1.82) is 0 Å². The van der Waals surface area contributed by atoms with Gasteiger partial charge in [0.2, 0.25) is 5.91 Å². The Morgan fingerprint density at radius 1 is 1.52 bits per heavy atom. The number of fused-ring (bicyclic) bond motifs is 1. The Morgan fingerprint density at radius 3 is 2.93 bits per heavy atom. The zero-order chi connectivity index (χ0) is 19.7. The lowest BCUT2D eigenvalue weighted by Gasteiger charge is -2.22. The highest BCUT2D eigenvalue weighted by Crippen LogP contribution is 2.33. The van der Waals surface area contributed by atoms with Crippen molar-refractivity contribution in [3.05, 3.63) is 24.3 Å². The van der Waals surface area contributed by atoms with Crippen molar-refractivity contribution in [1.82, 2.24) is 14.9 Å². The normalized spacial score (nSPS) is 26.4. The van der Waals surface area contributed by atoms with Crippen LogP contribution in [0.3, 0.4) is 0 Å². The number of nitrogens with zero attached hydrogens (tertiary/aromatic N) is 2. The molecule has 2 heterocycles. The van der Waals surface area contributed by atoms with Crippen LogP contribution < -0.4 is 16.8 Å². The lowest BCUT2D eigenvalue weighted by atomic mass is 10.1. The Balaban J connectivity index is 1.89. The molecule has 2 unspecified atom stereocenters. The van der Waals surface area contributed by atoms with Crippen LogP contribution in [0, 0.1) is 5.82 Å². The average molecular weight is 381 g/mol. The Labute approximate surface area is 155 Å². The molecule has 1 aromatic carbocycles. The molecule has 0 saturated carbocycles. The molecule has 0 aliphatic carbocycles. The number of halogens is 1. The van der Waals surface area contributed by atoms with E-state index in [0.717, 1.165) is 6.42 Å². The predicted octanol–water partition coefficient (Wildman–Crippen LogP) is -0.380. The van der Waals surface area contributed by atoms with Gasteiger partial charge < -0.3 is 31.7 Å². The fourth-order valence-electron chi connectivity index (χ4n) is 3.34. The molecule has 2 aromatic rings. The van der Waals surface area contributed by atoms with Gasteiger partial charge in [-0.3, -0.25) is 9.36 Å². The van der Waals surface area contributed by atoms with Crippen molar-refractivity contribution in [3.63, 3.8) is 0 Å². The fraction of sp³-hybridized carbons (Fsp3) is 0.529. The second kappa shape index (κ2) is 7.77. The van der Waals surface area contributed by atoms with Gasteiger partial charge in [0.1, 0.15) is 29.1 Å². The van der Waals surface area contributed by atoms with Crippen LogP contribution in [-0.2, 0) is 9.53 Å². The van der Waals surface area contributed by atoms with Gasteiger partial charge in [-0.2, -0.15) is 0 Å². The highest BCUT2D eigenvalue weighted by molar-refractivity contribution is 5.87. The molecule has 0 bridgehead atoms. The molecular weight excluding hydrogens is 357 g/mol. The van der Waals surface area contributed by atoms with Crippen molar-refractivity contribution in [2.75, 3.05) is 12.3 Å². The third-order valence-electron chi connectivity index (χ3n) is 4.78. The minimum absolute atomic E-state index is 0.0744. The highest BCUT2D eigenvalue weighted by Gasteiger charge is 2.46. The SMILES string of the molecule is CCCC(N)C(=O)NC1[C@@H](CO)O[C@@H](n2cnc3c(N)ccc(F)c32)[C@H]1O. The zero-order valence-electron chi connectivity index (χ0n) is 14.9. The van der Waals surface area contributed by atoms with Gasteiger partial charge >= 0.3 is 0 Å². The number of amides is 1. The Kier molecular flexibility index (Phi) is 5.61. The number of hydrogen-bond donors (Lipinski definition) is 5. The molecule has 0 spiro atoms. The summed E-state index contributed by atoms with van der Waals surface area (Å²) in [5, 5.41) is 22.9. The van der Waals surface area contributed by atoms with Crippen molar-refractivity contribution in [2.24, 2.45) is 5.73 Å². The van der Waals surface area contributed by atoms with Gasteiger partial charge in [0, 0.05) is 0 Å². The van der Waals surface area contributed by atoms with Gasteiger partial charge in [0.05, 0.1) is 30.7 Å². The fourth-order valence-corrected chi connectivity index (χ4v) is 3.34. The number of nitrogens with one attached hydrogen (secondary N) is 1. The number of aliphatic hydroxyl groups is 2. The van der Waals surface area contributed by atoms with Crippen LogP contribution in [0.5, 0.6) is 0 Å². The van der Waals surface area contributed by atoms with Crippen LogP contribution in [0.25, 0.3) is 11.0 Å². The maximum Gasteiger partial charge on any atom is 0.237 e. The molecule has 27 heavy (non-hydrogen) atoms. The summed E-state index contributed by atoms with van der Waals surface area (Å²) in [7, 11) is 0. The first-order chi connectivity index (χ1) is 12.9. The molecule has 7 N–H and O–H groups in total. The topological polar surface area (TPSA) is 149 Å². The van der Waals surface area contributed by atoms with Gasteiger partial charge in [0.15, 0.2) is 6.23 Å². The molecule has 9 nitrogen and oxygen atoms in total.